The molecule has 2 aromatic heterocycles. The molecule has 0 aliphatic rings. The Labute approximate surface area is 178 Å². The van der Waals surface area contributed by atoms with Crippen LogP contribution in [0.1, 0.15) is 21.7 Å². The molecule has 4 aromatic rings. The van der Waals surface area contributed by atoms with E-state index in [4.69, 9.17) is 9.15 Å². The summed E-state index contributed by atoms with van der Waals surface area (Å²) in [4.78, 5) is 12.6. The summed E-state index contributed by atoms with van der Waals surface area (Å²) in [6, 6.07) is 19.0. The van der Waals surface area contributed by atoms with Gasteiger partial charge in [0.2, 0.25) is 0 Å². The summed E-state index contributed by atoms with van der Waals surface area (Å²) in [5.74, 6) is 2.60. The summed E-state index contributed by atoms with van der Waals surface area (Å²) in [7, 11) is 1.63. The highest BCUT2D eigenvalue weighted by Gasteiger charge is 2.17. The van der Waals surface area contributed by atoms with E-state index in [0.717, 1.165) is 22.6 Å². The molecule has 2 aromatic carbocycles. The fourth-order valence-corrected chi connectivity index (χ4v) is 3.84. The number of benzene rings is 2. The zero-order chi connectivity index (χ0) is 20.9. The van der Waals surface area contributed by atoms with Gasteiger partial charge in [0.15, 0.2) is 16.8 Å². The van der Waals surface area contributed by atoms with Gasteiger partial charge in [0.1, 0.15) is 11.5 Å². The van der Waals surface area contributed by atoms with Gasteiger partial charge in [0, 0.05) is 11.1 Å². The average Bonchev–Trinajstić information content (AvgIpc) is 3.43. The van der Waals surface area contributed by atoms with Crippen LogP contribution in [-0.2, 0) is 6.54 Å². The largest absolute Gasteiger partial charge is 0.497 e. The first-order valence-corrected chi connectivity index (χ1v) is 10.5. The van der Waals surface area contributed by atoms with Crippen LogP contribution < -0.4 is 4.74 Å². The summed E-state index contributed by atoms with van der Waals surface area (Å²) in [6.45, 7) is 2.48. The molecule has 0 saturated heterocycles. The number of furan rings is 1. The Bertz CT molecular complexity index is 1120. The lowest BCUT2D eigenvalue weighted by atomic mass is 10.1. The standard InChI is InChI=1S/C23H21N3O3S/c1-16-5-7-17(8-6-16)21(27)15-30-23-25-24-22(18-9-11-19(28-2)12-10-18)26(23)14-20-4-3-13-29-20/h3-13H,14-15H2,1-2H3. The number of nitrogens with zero attached hydrogens (tertiary/aromatic N) is 3. The normalized spacial score (nSPS) is 10.9. The van der Waals surface area contributed by atoms with Crippen molar-refractivity contribution in [1.82, 2.24) is 14.8 Å². The number of carbonyl (C=O) groups excluding carboxylic acids is 1. The van der Waals surface area contributed by atoms with E-state index in [9.17, 15) is 4.79 Å². The molecular weight excluding hydrogens is 398 g/mol. The van der Waals surface area contributed by atoms with Crippen molar-refractivity contribution in [2.45, 2.75) is 18.6 Å². The molecule has 0 spiro atoms. The molecule has 0 radical (unpaired) electrons. The molecule has 0 bridgehead atoms. The Balaban J connectivity index is 1.59. The Morgan fingerprint density at radius 1 is 1.07 bits per heavy atom. The van der Waals surface area contributed by atoms with Gasteiger partial charge in [-0.15, -0.1) is 10.2 Å². The number of aryl methyl sites for hydroxylation is 1. The molecule has 0 atom stereocenters. The molecule has 0 aliphatic heterocycles. The third kappa shape index (κ3) is 4.46. The van der Waals surface area contributed by atoms with Crippen molar-refractivity contribution in [3.05, 3.63) is 83.8 Å². The number of hydrogen-bond donors (Lipinski definition) is 0. The summed E-state index contributed by atoms with van der Waals surface area (Å²) < 4.78 is 12.7. The van der Waals surface area contributed by atoms with E-state index in [-0.39, 0.29) is 11.5 Å². The number of ketones is 1. The third-order valence-electron chi connectivity index (χ3n) is 4.67. The third-order valence-corrected chi connectivity index (χ3v) is 5.63. The maximum absolute atomic E-state index is 12.6. The Hall–Kier alpha value is -3.32. The maximum Gasteiger partial charge on any atom is 0.192 e. The van der Waals surface area contributed by atoms with E-state index < -0.39 is 0 Å². The maximum atomic E-state index is 12.6. The highest BCUT2D eigenvalue weighted by molar-refractivity contribution is 7.99. The van der Waals surface area contributed by atoms with Gasteiger partial charge in [-0.2, -0.15) is 0 Å². The van der Waals surface area contributed by atoms with Crippen molar-refractivity contribution in [1.29, 1.82) is 0 Å². The minimum absolute atomic E-state index is 0.0542. The predicted molar refractivity (Wildman–Crippen MR) is 116 cm³/mol. The Morgan fingerprint density at radius 3 is 2.50 bits per heavy atom. The molecule has 0 amide bonds. The first-order chi connectivity index (χ1) is 14.6. The molecule has 7 heteroatoms. The fourth-order valence-electron chi connectivity index (χ4n) is 3.00. The Kier molecular flexibility index (Phi) is 5.99. The molecule has 152 valence electrons. The van der Waals surface area contributed by atoms with Gasteiger partial charge in [-0.25, -0.2) is 0 Å². The van der Waals surface area contributed by atoms with Crippen molar-refractivity contribution >= 4 is 17.5 Å². The molecule has 0 saturated carbocycles. The van der Waals surface area contributed by atoms with Crippen LogP contribution in [0.15, 0.2) is 76.5 Å². The highest BCUT2D eigenvalue weighted by Crippen LogP contribution is 2.27. The number of aromatic nitrogens is 3. The van der Waals surface area contributed by atoms with Crippen molar-refractivity contribution in [3.8, 4) is 17.1 Å². The topological polar surface area (TPSA) is 70.2 Å². The number of ether oxygens (including phenoxy) is 1. The lowest BCUT2D eigenvalue weighted by molar-refractivity contribution is 0.102. The molecule has 0 unspecified atom stereocenters. The number of Topliss-reactive ketones (excluding diaryl/α,β-unsaturated/α-hetero) is 1. The number of methoxy groups -OCH3 is 1. The molecule has 0 aliphatic carbocycles. The minimum atomic E-state index is 0.0542. The minimum Gasteiger partial charge on any atom is -0.497 e. The number of thioether (sulfide) groups is 1. The molecule has 0 fully saturated rings. The van der Waals surface area contributed by atoms with Crippen molar-refractivity contribution in [2.75, 3.05) is 12.9 Å². The summed E-state index contributed by atoms with van der Waals surface area (Å²) in [5.41, 5.74) is 2.73. The van der Waals surface area contributed by atoms with Gasteiger partial charge in [-0.3, -0.25) is 9.36 Å². The van der Waals surface area contributed by atoms with E-state index in [1.54, 1.807) is 13.4 Å². The second-order valence-electron chi connectivity index (χ2n) is 6.78. The van der Waals surface area contributed by atoms with Crippen molar-refractivity contribution in [2.24, 2.45) is 0 Å². The van der Waals surface area contributed by atoms with Crippen LogP contribution in [0.25, 0.3) is 11.4 Å². The quantitative estimate of drug-likeness (QED) is 0.299. The Morgan fingerprint density at radius 2 is 1.83 bits per heavy atom. The van der Waals surface area contributed by atoms with E-state index in [2.05, 4.69) is 10.2 Å². The van der Waals surface area contributed by atoms with Gasteiger partial charge in [-0.1, -0.05) is 41.6 Å². The average molecular weight is 420 g/mol. The summed E-state index contributed by atoms with van der Waals surface area (Å²) in [6.07, 6.45) is 1.64. The second kappa shape index (κ2) is 9.00. The highest BCUT2D eigenvalue weighted by atomic mass is 32.2. The van der Waals surface area contributed by atoms with Crippen LogP contribution in [0, 0.1) is 6.92 Å². The predicted octanol–water partition coefficient (Wildman–Crippen LogP) is 4.88. The van der Waals surface area contributed by atoms with Gasteiger partial charge in [0.05, 0.1) is 25.7 Å². The number of carbonyl (C=O) groups is 1. The molecule has 2 heterocycles. The molecule has 4 rings (SSSR count). The lowest BCUT2D eigenvalue weighted by Crippen LogP contribution is -2.06. The first kappa shape index (κ1) is 20.0. The first-order valence-electron chi connectivity index (χ1n) is 9.46. The molecule has 6 nitrogen and oxygen atoms in total. The van der Waals surface area contributed by atoms with Gasteiger partial charge < -0.3 is 9.15 Å². The van der Waals surface area contributed by atoms with Crippen LogP contribution in [0.5, 0.6) is 5.75 Å². The number of hydrogen-bond acceptors (Lipinski definition) is 6. The van der Waals surface area contributed by atoms with Crippen molar-refractivity contribution in [3.63, 3.8) is 0 Å². The zero-order valence-corrected chi connectivity index (χ0v) is 17.6. The second-order valence-corrected chi connectivity index (χ2v) is 7.72. The lowest BCUT2D eigenvalue weighted by Gasteiger charge is -2.09. The van der Waals surface area contributed by atoms with Gasteiger partial charge in [0.25, 0.3) is 0 Å². The summed E-state index contributed by atoms with van der Waals surface area (Å²) >= 11 is 1.37. The summed E-state index contributed by atoms with van der Waals surface area (Å²) in [5, 5.41) is 9.39. The molecule has 0 N–H and O–H groups in total. The van der Waals surface area contributed by atoms with Gasteiger partial charge >= 0.3 is 0 Å². The van der Waals surface area contributed by atoms with E-state index in [1.165, 1.54) is 11.8 Å². The molecular formula is C23H21N3O3S. The van der Waals surface area contributed by atoms with E-state index in [1.807, 2.05) is 72.2 Å². The SMILES string of the molecule is COc1ccc(-c2nnc(SCC(=O)c3ccc(C)cc3)n2Cc2ccco2)cc1. The zero-order valence-electron chi connectivity index (χ0n) is 16.7. The van der Waals surface area contributed by atoms with Gasteiger partial charge in [-0.05, 0) is 43.3 Å². The van der Waals surface area contributed by atoms with Crippen LogP contribution in [-0.4, -0.2) is 33.4 Å². The van der Waals surface area contributed by atoms with Crippen LogP contribution in [0.4, 0.5) is 0 Å². The van der Waals surface area contributed by atoms with Crippen LogP contribution >= 0.6 is 11.8 Å². The van der Waals surface area contributed by atoms with Crippen LogP contribution in [0.2, 0.25) is 0 Å². The fraction of sp³-hybridized carbons (Fsp3) is 0.174. The number of rotatable bonds is 8. The van der Waals surface area contributed by atoms with Crippen LogP contribution in [0.3, 0.4) is 0 Å². The smallest absolute Gasteiger partial charge is 0.192 e. The van der Waals surface area contributed by atoms with E-state index in [0.29, 0.717) is 23.1 Å². The van der Waals surface area contributed by atoms with Crippen molar-refractivity contribution < 1.29 is 13.9 Å². The molecule has 30 heavy (non-hydrogen) atoms. The monoisotopic (exact) mass is 419 g/mol. The van der Waals surface area contributed by atoms with E-state index >= 15 is 0 Å².